The summed E-state index contributed by atoms with van der Waals surface area (Å²) in [6.45, 7) is 1.99. The van der Waals surface area contributed by atoms with Crippen LogP contribution >= 0.6 is 23.1 Å². The molecule has 2 aromatic carbocycles. The van der Waals surface area contributed by atoms with Gasteiger partial charge in [0.15, 0.2) is 5.82 Å². The van der Waals surface area contributed by atoms with Gasteiger partial charge in [-0.05, 0) is 34.7 Å². The molecule has 0 radical (unpaired) electrons. The van der Waals surface area contributed by atoms with Crippen molar-refractivity contribution >= 4 is 44.9 Å². The number of para-hydroxylation sites is 3. The summed E-state index contributed by atoms with van der Waals surface area (Å²) in [5.74, 6) is 1.73. The van der Waals surface area contributed by atoms with Gasteiger partial charge in [0.1, 0.15) is 5.01 Å². The van der Waals surface area contributed by atoms with Gasteiger partial charge in [0, 0.05) is 12.2 Å². The molecule has 28 heavy (non-hydrogen) atoms. The summed E-state index contributed by atoms with van der Waals surface area (Å²) in [6.07, 6.45) is 0.702. The van der Waals surface area contributed by atoms with Crippen molar-refractivity contribution in [3.63, 3.8) is 0 Å². The first-order chi connectivity index (χ1) is 13.7. The number of tetrazole rings is 1. The summed E-state index contributed by atoms with van der Waals surface area (Å²) in [4.78, 5) is 17.0. The predicted octanol–water partition coefficient (Wildman–Crippen LogP) is 3.71. The highest BCUT2D eigenvalue weighted by atomic mass is 32.2. The number of hydrogen-bond acceptors (Lipinski definition) is 7. The average molecular weight is 411 g/mol. The van der Waals surface area contributed by atoms with E-state index in [2.05, 4.69) is 31.9 Å². The van der Waals surface area contributed by atoms with Crippen LogP contribution in [-0.2, 0) is 17.0 Å². The fourth-order valence-corrected chi connectivity index (χ4v) is 4.62. The SMILES string of the molecule is CCc1nnnn1-c1ccccc1NC(=O)CSCc1nc2ccccc2s1. The lowest BCUT2D eigenvalue weighted by molar-refractivity contribution is -0.113. The third-order valence-electron chi connectivity index (χ3n) is 4.05. The first kappa shape index (κ1) is 18.6. The zero-order valence-electron chi connectivity index (χ0n) is 15.2. The number of aromatic nitrogens is 5. The Hall–Kier alpha value is -2.78. The molecule has 1 amide bonds. The summed E-state index contributed by atoms with van der Waals surface area (Å²) in [5, 5.41) is 15.8. The molecule has 2 heterocycles. The van der Waals surface area contributed by atoms with Gasteiger partial charge in [0.25, 0.3) is 0 Å². The minimum absolute atomic E-state index is 0.0651. The topological polar surface area (TPSA) is 85.6 Å². The van der Waals surface area contributed by atoms with Gasteiger partial charge in [-0.25, -0.2) is 4.98 Å². The second-order valence-corrected chi connectivity index (χ2v) is 8.09. The Morgan fingerprint density at radius 3 is 2.86 bits per heavy atom. The molecule has 0 spiro atoms. The minimum atomic E-state index is -0.0651. The van der Waals surface area contributed by atoms with E-state index in [1.807, 2.05) is 49.4 Å². The van der Waals surface area contributed by atoms with Crippen LogP contribution in [0.2, 0.25) is 0 Å². The zero-order chi connectivity index (χ0) is 19.3. The first-order valence-corrected chi connectivity index (χ1v) is 10.8. The fraction of sp³-hybridized carbons (Fsp3) is 0.211. The summed E-state index contributed by atoms with van der Waals surface area (Å²) in [7, 11) is 0. The summed E-state index contributed by atoms with van der Waals surface area (Å²) in [5.41, 5.74) is 2.46. The molecule has 0 unspecified atom stereocenters. The van der Waals surface area contributed by atoms with E-state index in [0.717, 1.165) is 22.0 Å². The molecule has 142 valence electrons. The molecule has 9 heteroatoms. The molecule has 0 fully saturated rings. The van der Waals surface area contributed by atoms with Crippen LogP contribution in [0, 0.1) is 0 Å². The van der Waals surface area contributed by atoms with Crippen molar-refractivity contribution in [2.75, 3.05) is 11.1 Å². The Balaban J connectivity index is 1.39. The van der Waals surface area contributed by atoms with Crippen LogP contribution in [0.3, 0.4) is 0 Å². The number of amides is 1. The number of thioether (sulfide) groups is 1. The highest BCUT2D eigenvalue weighted by molar-refractivity contribution is 7.99. The Kier molecular flexibility index (Phi) is 5.63. The molecular weight excluding hydrogens is 392 g/mol. The van der Waals surface area contributed by atoms with Crippen molar-refractivity contribution in [2.45, 2.75) is 19.1 Å². The molecule has 0 aliphatic carbocycles. The predicted molar refractivity (Wildman–Crippen MR) is 113 cm³/mol. The van der Waals surface area contributed by atoms with Gasteiger partial charge in [0.05, 0.1) is 27.3 Å². The van der Waals surface area contributed by atoms with Gasteiger partial charge in [-0.2, -0.15) is 4.68 Å². The van der Waals surface area contributed by atoms with E-state index in [1.165, 1.54) is 4.70 Å². The number of anilines is 1. The molecule has 0 bridgehead atoms. The van der Waals surface area contributed by atoms with Gasteiger partial charge >= 0.3 is 0 Å². The standard InChI is InChI=1S/C19H18N6OS2/c1-2-17-22-23-24-25(17)15-9-5-3-7-13(15)20-18(26)11-27-12-19-21-14-8-4-6-10-16(14)28-19/h3-10H,2,11-12H2,1H3,(H,20,26). The number of nitrogens with one attached hydrogen (secondary N) is 1. The molecule has 7 nitrogen and oxygen atoms in total. The van der Waals surface area contributed by atoms with Gasteiger partial charge in [-0.3, -0.25) is 4.79 Å². The van der Waals surface area contributed by atoms with Crippen LogP contribution in [0.25, 0.3) is 15.9 Å². The second-order valence-electron chi connectivity index (χ2n) is 5.99. The number of carbonyl (C=O) groups is 1. The lowest BCUT2D eigenvalue weighted by Gasteiger charge is -2.11. The zero-order valence-corrected chi connectivity index (χ0v) is 16.8. The molecule has 0 saturated carbocycles. The Labute approximate surface area is 170 Å². The highest BCUT2D eigenvalue weighted by Gasteiger charge is 2.13. The Morgan fingerprint density at radius 2 is 2.00 bits per heavy atom. The van der Waals surface area contributed by atoms with Crippen LogP contribution in [0.15, 0.2) is 48.5 Å². The Morgan fingerprint density at radius 1 is 1.18 bits per heavy atom. The van der Waals surface area contributed by atoms with Gasteiger partial charge in [0.2, 0.25) is 5.91 Å². The van der Waals surface area contributed by atoms with Crippen LogP contribution in [0.4, 0.5) is 5.69 Å². The summed E-state index contributed by atoms with van der Waals surface area (Å²) in [6, 6.07) is 15.6. The molecule has 0 aliphatic heterocycles. The number of rotatable bonds is 7. The lowest BCUT2D eigenvalue weighted by atomic mass is 10.2. The summed E-state index contributed by atoms with van der Waals surface area (Å²) >= 11 is 3.22. The molecular formula is C19H18N6OS2. The molecule has 4 rings (SSSR count). The fourth-order valence-electron chi connectivity index (χ4n) is 2.78. The van der Waals surface area contributed by atoms with Crippen molar-refractivity contribution in [3.8, 4) is 5.69 Å². The molecule has 0 atom stereocenters. The van der Waals surface area contributed by atoms with Crippen LogP contribution in [0.1, 0.15) is 17.8 Å². The third kappa shape index (κ3) is 4.05. The van der Waals surface area contributed by atoms with Crippen molar-refractivity contribution in [3.05, 3.63) is 59.4 Å². The second kappa shape index (κ2) is 8.49. The van der Waals surface area contributed by atoms with Gasteiger partial charge in [-0.15, -0.1) is 28.2 Å². The molecule has 0 aliphatic rings. The van der Waals surface area contributed by atoms with Gasteiger partial charge in [-0.1, -0.05) is 31.2 Å². The number of aryl methyl sites for hydroxylation is 1. The Bertz CT molecular complexity index is 1070. The maximum atomic E-state index is 12.4. The number of hydrogen-bond donors (Lipinski definition) is 1. The average Bonchev–Trinajstić information content (AvgIpc) is 3.34. The number of thiazole rings is 1. The van der Waals surface area contributed by atoms with Crippen molar-refractivity contribution in [2.24, 2.45) is 0 Å². The minimum Gasteiger partial charge on any atom is -0.323 e. The van der Waals surface area contributed by atoms with Crippen molar-refractivity contribution < 1.29 is 4.79 Å². The van der Waals surface area contributed by atoms with E-state index in [0.29, 0.717) is 23.6 Å². The number of fused-ring (bicyclic) bond motifs is 1. The molecule has 2 aromatic heterocycles. The van der Waals surface area contributed by atoms with Crippen LogP contribution < -0.4 is 5.32 Å². The summed E-state index contributed by atoms with van der Waals surface area (Å²) < 4.78 is 2.83. The van der Waals surface area contributed by atoms with Gasteiger partial charge < -0.3 is 5.32 Å². The lowest BCUT2D eigenvalue weighted by Crippen LogP contribution is -2.16. The number of nitrogens with zero attached hydrogens (tertiary/aromatic N) is 5. The van der Waals surface area contributed by atoms with E-state index in [9.17, 15) is 4.79 Å². The third-order valence-corrected chi connectivity index (χ3v) is 6.22. The van der Waals surface area contributed by atoms with Crippen molar-refractivity contribution in [1.82, 2.24) is 25.2 Å². The number of benzene rings is 2. The molecule has 4 aromatic rings. The molecule has 1 N–H and O–H groups in total. The van der Waals surface area contributed by atoms with Crippen molar-refractivity contribution in [1.29, 1.82) is 0 Å². The van der Waals surface area contributed by atoms with E-state index >= 15 is 0 Å². The maximum Gasteiger partial charge on any atom is 0.234 e. The van der Waals surface area contributed by atoms with E-state index in [1.54, 1.807) is 27.8 Å². The normalized spacial score (nSPS) is 11.0. The maximum absolute atomic E-state index is 12.4. The largest absolute Gasteiger partial charge is 0.323 e. The van der Waals surface area contributed by atoms with E-state index < -0.39 is 0 Å². The van der Waals surface area contributed by atoms with Crippen LogP contribution in [0.5, 0.6) is 0 Å². The highest BCUT2D eigenvalue weighted by Crippen LogP contribution is 2.25. The monoisotopic (exact) mass is 410 g/mol. The quantitative estimate of drug-likeness (QED) is 0.500. The first-order valence-electron chi connectivity index (χ1n) is 8.83. The van der Waals surface area contributed by atoms with E-state index in [-0.39, 0.29) is 5.91 Å². The molecule has 0 saturated heterocycles. The number of carbonyl (C=O) groups excluding carboxylic acids is 1. The van der Waals surface area contributed by atoms with Crippen LogP contribution in [-0.4, -0.2) is 36.9 Å². The smallest absolute Gasteiger partial charge is 0.234 e. The van der Waals surface area contributed by atoms with E-state index in [4.69, 9.17) is 0 Å².